The van der Waals surface area contributed by atoms with E-state index < -0.39 is 8.07 Å². The Morgan fingerprint density at radius 3 is 1.81 bits per heavy atom. The van der Waals surface area contributed by atoms with Gasteiger partial charge in [-0.2, -0.15) is 0 Å². The number of hydrogen-bond donors (Lipinski definition) is 1. The van der Waals surface area contributed by atoms with Crippen molar-refractivity contribution in [1.82, 2.24) is 5.32 Å². The Hall–Kier alpha value is -2.91. The van der Waals surface area contributed by atoms with Gasteiger partial charge in [-0.05, 0) is 36.9 Å². The second-order valence-corrected chi connectivity index (χ2v) is 12.8. The van der Waals surface area contributed by atoms with E-state index in [1.165, 1.54) is 10.4 Å². The number of benzene rings is 3. The molecule has 3 aromatic rings. The summed E-state index contributed by atoms with van der Waals surface area (Å²) in [6.07, 6.45) is 3.87. The van der Waals surface area contributed by atoms with Gasteiger partial charge < -0.3 is 5.32 Å². The molecule has 0 heterocycles. The maximum absolute atomic E-state index is 13.3. The van der Waals surface area contributed by atoms with E-state index in [0.717, 1.165) is 18.9 Å². The highest BCUT2D eigenvalue weighted by Gasteiger charge is 2.45. The van der Waals surface area contributed by atoms with Crippen LogP contribution in [0, 0.1) is 5.92 Å². The van der Waals surface area contributed by atoms with Crippen LogP contribution < -0.4 is 15.7 Å². The van der Waals surface area contributed by atoms with E-state index in [-0.39, 0.29) is 11.6 Å². The first-order valence-electron chi connectivity index (χ1n) is 11.2. The monoisotopic (exact) mass is 427 g/mol. The second-order valence-electron chi connectivity index (χ2n) is 8.55. The molecule has 0 saturated heterocycles. The Labute approximate surface area is 188 Å². The standard InChI is InChI=1S/C28H33NOSi/c1-4-5-21-31(25-17-11-7-12-18-25,26-19-13-8-14-20-26)27(22-23(2)3)29-28(30)24-15-9-6-10-16-24/h4,6-20,23,27H,1,5,21-22H2,2-3H3,(H,29,30). The average molecular weight is 428 g/mol. The van der Waals surface area contributed by atoms with E-state index in [1.807, 2.05) is 36.4 Å². The quantitative estimate of drug-likeness (QED) is 0.349. The molecule has 31 heavy (non-hydrogen) atoms. The van der Waals surface area contributed by atoms with E-state index >= 15 is 0 Å². The van der Waals surface area contributed by atoms with Crippen molar-refractivity contribution in [3.05, 3.63) is 109 Å². The lowest BCUT2D eigenvalue weighted by Crippen LogP contribution is -2.71. The van der Waals surface area contributed by atoms with Crippen LogP contribution in [0.5, 0.6) is 0 Å². The van der Waals surface area contributed by atoms with Gasteiger partial charge >= 0.3 is 0 Å². The van der Waals surface area contributed by atoms with E-state index in [4.69, 9.17) is 0 Å². The summed E-state index contributed by atoms with van der Waals surface area (Å²) in [4.78, 5) is 13.3. The van der Waals surface area contributed by atoms with Gasteiger partial charge in [0.25, 0.3) is 5.91 Å². The van der Waals surface area contributed by atoms with Gasteiger partial charge in [0.15, 0.2) is 0 Å². The van der Waals surface area contributed by atoms with E-state index in [0.29, 0.717) is 11.5 Å². The highest BCUT2D eigenvalue weighted by atomic mass is 28.3. The minimum atomic E-state index is -2.36. The number of carbonyl (C=O) groups excluding carboxylic acids is 1. The molecule has 1 amide bonds. The molecule has 0 radical (unpaired) electrons. The van der Waals surface area contributed by atoms with Gasteiger partial charge in [-0.25, -0.2) is 0 Å². The van der Waals surface area contributed by atoms with Crippen LogP contribution in [0.2, 0.25) is 6.04 Å². The van der Waals surface area contributed by atoms with Crippen molar-refractivity contribution in [2.75, 3.05) is 0 Å². The molecule has 0 aliphatic heterocycles. The number of rotatable bonds is 10. The van der Waals surface area contributed by atoms with Crippen LogP contribution in [0.3, 0.4) is 0 Å². The highest BCUT2D eigenvalue weighted by Crippen LogP contribution is 2.24. The van der Waals surface area contributed by atoms with Crippen LogP contribution in [-0.2, 0) is 0 Å². The molecule has 0 saturated carbocycles. The smallest absolute Gasteiger partial charge is 0.251 e. The van der Waals surface area contributed by atoms with E-state index in [2.05, 4.69) is 86.4 Å². The van der Waals surface area contributed by atoms with Gasteiger partial charge in [0.05, 0.1) is 0 Å². The normalized spacial score (nSPS) is 12.4. The van der Waals surface area contributed by atoms with Crippen LogP contribution in [0.15, 0.2) is 104 Å². The Morgan fingerprint density at radius 2 is 1.35 bits per heavy atom. The molecule has 3 rings (SSSR count). The van der Waals surface area contributed by atoms with Crippen LogP contribution in [0.4, 0.5) is 0 Å². The first-order chi connectivity index (χ1) is 15.1. The van der Waals surface area contributed by atoms with Gasteiger partial charge in [-0.15, -0.1) is 6.58 Å². The van der Waals surface area contributed by atoms with Crippen molar-refractivity contribution in [2.45, 2.75) is 38.4 Å². The molecule has 0 aromatic heterocycles. The summed E-state index contributed by atoms with van der Waals surface area (Å²) in [5.74, 6) is 0.470. The maximum Gasteiger partial charge on any atom is 0.251 e. The molecular weight excluding hydrogens is 394 g/mol. The SMILES string of the molecule is C=CCC[Si](c1ccccc1)(c1ccccc1)C(CC(C)C)NC(=O)c1ccccc1. The van der Waals surface area contributed by atoms with Crippen LogP contribution in [-0.4, -0.2) is 19.6 Å². The fourth-order valence-electron chi connectivity index (χ4n) is 4.52. The first kappa shape index (κ1) is 22.8. The summed E-state index contributed by atoms with van der Waals surface area (Å²) in [6.45, 7) is 8.50. The van der Waals surface area contributed by atoms with Crippen LogP contribution >= 0.6 is 0 Å². The lowest BCUT2D eigenvalue weighted by Gasteiger charge is -2.41. The van der Waals surface area contributed by atoms with E-state index in [9.17, 15) is 4.79 Å². The third-order valence-electron chi connectivity index (χ3n) is 5.96. The highest BCUT2D eigenvalue weighted by molar-refractivity contribution is 7.03. The molecule has 1 atom stereocenters. The second kappa shape index (κ2) is 10.9. The van der Waals surface area contributed by atoms with Crippen molar-refractivity contribution in [3.63, 3.8) is 0 Å². The molecule has 0 aliphatic rings. The third kappa shape index (κ3) is 5.42. The maximum atomic E-state index is 13.3. The molecule has 2 nitrogen and oxygen atoms in total. The molecule has 0 aliphatic carbocycles. The zero-order chi connectivity index (χ0) is 22.1. The summed E-state index contributed by atoms with van der Waals surface area (Å²) in [5.41, 5.74) is 0.786. The summed E-state index contributed by atoms with van der Waals surface area (Å²) < 4.78 is 0. The van der Waals surface area contributed by atoms with Crippen LogP contribution in [0.25, 0.3) is 0 Å². The first-order valence-corrected chi connectivity index (χ1v) is 13.4. The lowest BCUT2D eigenvalue weighted by atomic mass is 10.1. The minimum absolute atomic E-state index is 0.00795. The van der Waals surface area contributed by atoms with Crippen molar-refractivity contribution in [1.29, 1.82) is 0 Å². The number of carbonyl (C=O) groups is 1. The fourth-order valence-corrected chi connectivity index (χ4v) is 10.1. The zero-order valence-electron chi connectivity index (χ0n) is 18.6. The molecule has 0 bridgehead atoms. The largest absolute Gasteiger partial charge is 0.351 e. The molecule has 3 heteroatoms. The summed E-state index contributed by atoms with van der Waals surface area (Å²) in [5, 5.41) is 6.23. The lowest BCUT2D eigenvalue weighted by molar-refractivity contribution is 0.0944. The number of nitrogens with one attached hydrogen (secondary N) is 1. The van der Waals surface area contributed by atoms with Crippen molar-refractivity contribution < 1.29 is 4.79 Å². The third-order valence-corrected chi connectivity index (χ3v) is 11.3. The van der Waals surface area contributed by atoms with Crippen LogP contribution in [0.1, 0.15) is 37.0 Å². The number of amides is 1. The Morgan fingerprint density at radius 1 is 0.871 bits per heavy atom. The van der Waals surface area contributed by atoms with Gasteiger partial charge in [-0.3, -0.25) is 4.79 Å². The predicted molar refractivity (Wildman–Crippen MR) is 135 cm³/mol. The molecular formula is C28H33NOSi. The van der Waals surface area contributed by atoms with Crippen molar-refractivity contribution in [3.8, 4) is 0 Å². The van der Waals surface area contributed by atoms with Crippen molar-refractivity contribution >= 4 is 24.4 Å². The average Bonchev–Trinajstić information content (AvgIpc) is 2.81. The van der Waals surface area contributed by atoms with Gasteiger partial charge in [0, 0.05) is 11.2 Å². The number of allylic oxidation sites excluding steroid dienone is 1. The molecule has 1 N–H and O–H groups in total. The van der Waals surface area contributed by atoms with Gasteiger partial charge in [0.1, 0.15) is 8.07 Å². The van der Waals surface area contributed by atoms with Gasteiger partial charge in [0.2, 0.25) is 0 Å². The number of hydrogen-bond acceptors (Lipinski definition) is 1. The predicted octanol–water partition coefficient (Wildman–Crippen LogP) is 5.21. The topological polar surface area (TPSA) is 29.1 Å². The van der Waals surface area contributed by atoms with Gasteiger partial charge in [-0.1, -0.05) is 109 Å². The van der Waals surface area contributed by atoms with E-state index in [1.54, 1.807) is 0 Å². The Kier molecular flexibility index (Phi) is 8.02. The summed E-state index contributed by atoms with van der Waals surface area (Å²) in [7, 11) is -2.36. The molecule has 0 fully saturated rings. The summed E-state index contributed by atoms with van der Waals surface area (Å²) >= 11 is 0. The molecule has 0 spiro atoms. The van der Waals surface area contributed by atoms with Crippen molar-refractivity contribution in [2.24, 2.45) is 5.92 Å². The minimum Gasteiger partial charge on any atom is -0.351 e. The Balaban J connectivity index is 2.16. The molecule has 1 unspecified atom stereocenters. The Bertz CT molecular complexity index is 915. The molecule has 160 valence electrons. The molecule has 3 aromatic carbocycles. The zero-order valence-corrected chi connectivity index (χ0v) is 19.6. The fraction of sp³-hybridized carbons (Fsp3) is 0.250. The summed E-state index contributed by atoms with van der Waals surface area (Å²) in [6, 6.07) is 32.2.